The molecule has 2 amide bonds. The second-order valence-corrected chi connectivity index (χ2v) is 6.45. The molecule has 3 rings (SSSR count). The minimum atomic E-state index is -0.416. The van der Waals surface area contributed by atoms with Gasteiger partial charge in [0.25, 0.3) is 0 Å². The number of para-hydroxylation sites is 1. The summed E-state index contributed by atoms with van der Waals surface area (Å²) in [5.41, 5.74) is 4.20. The predicted octanol–water partition coefficient (Wildman–Crippen LogP) is 3.05. The molecule has 1 N–H and O–H groups in total. The van der Waals surface area contributed by atoms with E-state index in [4.69, 9.17) is 4.84 Å². The quantitative estimate of drug-likeness (QED) is 0.800. The first-order chi connectivity index (χ1) is 11.6. The lowest BCUT2D eigenvalue weighted by Crippen LogP contribution is -2.33. The van der Waals surface area contributed by atoms with Crippen molar-refractivity contribution in [1.82, 2.24) is 5.48 Å². The van der Waals surface area contributed by atoms with Crippen LogP contribution in [0.15, 0.2) is 59.1 Å². The monoisotopic (exact) mass is 388 g/mol. The molecular weight excluding hydrogens is 372 g/mol. The van der Waals surface area contributed by atoms with Crippen molar-refractivity contribution in [3.8, 4) is 0 Å². The van der Waals surface area contributed by atoms with Gasteiger partial charge in [0.1, 0.15) is 0 Å². The van der Waals surface area contributed by atoms with Crippen LogP contribution in [0.25, 0.3) is 0 Å². The molecule has 124 valence electrons. The normalized spacial score (nSPS) is 17.1. The minimum Gasteiger partial charge on any atom is -0.310 e. The van der Waals surface area contributed by atoms with Gasteiger partial charge in [-0.15, -0.1) is 0 Å². The van der Waals surface area contributed by atoms with Crippen LogP contribution in [0.3, 0.4) is 0 Å². The Morgan fingerprint density at radius 2 is 1.88 bits per heavy atom. The van der Waals surface area contributed by atoms with E-state index in [0.717, 1.165) is 15.7 Å². The Hall–Kier alpha value is -2.18. The van der Waals surface area contributed by atoms with Crippen LogP contribution in [0.2, 0.25) is 0 Å². The molecule has 1 fully saturated rings. The Balaban J connectivity index is 1.55. The Morgan fingerprint density at radius 3 is 2.62 bits per heavy atom. The van der Waals surface area contributed by atoms with E-state index in [-0.39, 0.29) is 18.2 Å². The van der Waals surface area contributed by atoms with Gasteiger partial charge < -0.3 is 4.90 Å². The molecule has 0 radical (unpaired) electrons. The largest absolute Gasteiger partial charge is 0.310 e. The Bertz CT molecular complexity index is 736. The summed E-state index contributed by atoms with van der Waals surface area (Å²) in [6.45, 7) is 0.642. The smallest absolute Gasteiger partial charge is 0.248 e. The van der Waals surface area contributed by atoms with Crippen molar-refractivity contribution in [2.75, 3.05) is 11.4 Å². The molecule has 1 atom stereocenters. The fourth-order valence-electron chi connectivity index (χ4n) is 2.63. The average molecular weight is 389 g/mol. The molecule has 24 heavy (non-hydrogen) atoms. The van der Waals surface area contributed by atoms with Crippen LogP contribution in [0.1, 0.15) is 12.0 Å². The van der Waals surface area contributed by atoms with Crippen LogP contribution in [-0.4, -0.2) is 18.4 Å². The maximum atomic E-state index is 12.2. The van der Waals surface area contributed by atoms with Crippen LogP contribution in [0.4, 0.5) is 5.69 Å². The maximum absolute atomic E-state index is 12.2. The summed E-state index contributed by atoms with van der Waals surface area (Å²) in [5, 5.41) is 0. The standard InChI is InChI=1S/C18H17BrN2O3/c19-15-8-4-5-9-16(15)21-11-14(10-17(21)22)18(23)20-24-12-13-6-2-1-3-7-13/h1-9,14H,10-12H2,(H,20,23)/t14-/m1/s1. The highest BCUT2D eigenvalue weighted by Gasteiger charge is 2.35. The van der Waals surface area contributed by atoms with Gasteiger partial charge in [-0.25, -0.2) is 5.48 Å². The van der Waals surface area contributed by atoms with E-state index in [0.29, 0.717) is 13.2 Å². The van der Waals surface area contributed by atoms with E-state index in [9.17, 15) is 9.59 Å². The van der Waals surface area contributed by atoms with Crippen LogP contribution < -0.4 is 10.4 Å². The van der Waals surface area contributed by atoms with Gasteiger partial charge in [0, 0.05) is 17.4 Å². The average Bonchev–Trinajstić information content (AvgIpc) is 2.98. The third kappa shape index (κ3) is 3.83. The summed E-state index contributed by atoms with van der Waals surface area (Å²) in [4.78, 5) is 31.3. The van der Waals surface area contributed by atoms with Gasteiger partial charge in [0.15, 0.2) is 0 Å². The van der Waals surface area contributed by atoms with Crippen molar-refractivity contribution in [3.05, 3.63) is 64.6 Å². The van der Waals surface area contributed by atoms with E-state index < -0.39 is 5.92 Å². The molecule has 1 saturated heterocycles. The summed E-state index contributed by atoms with van der Waals surface area (Å²) in [7, 11) is 0. The van der Waals surface area contributed by atoms with Gasteiger partial charge in [0.2, 0.25) is 11.8 Å². The van der Waals surface area contributed by atoms with E-state index in [1.807, 2.05) is 54.6 Å². The third-order valence-corrected chi connectivity index (χ3v) is 4.56. The molecule has 0 saturated carbocycles. The zero-order chi connectivity index (χ0) is 16.9. The first kappa shape index (κ1) is 16.7. The molecule has 2 aromatic rings. The Kier molecular flexibility index (Phi) is 5.27. The maximum Gasteiger partial charge on any atom is 0.248 e. The highest BCUT2D eigenvalue weighted by atomic mass is 79.9. The predicted molar refractivity (Wildman–Crippen MR) is 94.0 cm³/mol. The molecule has 1 aliphatic heterocycles. The molecule has 6 heteroatoms. The minimum absolute atomic E-state index is 0.0647. The number of nitrogens with zero attached hydrogens (tertiary/aromatic N) is 1. The van der Waals surface area contributed by atoms with Crippen molar-refractivity contribution >= 4 is 33.4 Å². The van der Waals surface area contributed by atoms with Crippen molar-refractivity contribution in [2.24, 2.45) is 5.92 Å². The lowest BCUT2D eigenvalue weighted by molar-refractivity contribution is -0.138. The molecule has 1 aliphatic rings. The summed E-state index contributed by atoms with van der Waals surface area (Å²) >= 11 is 3.44. The topological polar surface area (TPSA) is 58.6 Å². The Morgan fingerprint density at radius 1 is 1.17 bits per heavy atom. The number of nitrogens with one attached hydrogen (secondary N) is 1. The first-order valence-electron chi connectivity index (χ1n) is 7.65. The highest BCUT2D eigenvalue weighted by Crippen LogP contribution is 2.31. The lowest BCUT2D eigenvalue weighted by Gasteiger charge is -2.18. The third-order valence-electron chi connectivity index (χ3n) is 3.89. The molecule has 0 spiro atoms. The van der Waals surface area contributed by atoms with Gasteiger partial charge in [-0.1, -0.05) is 42.5 Å². The number of carbonyl (C=O) groups excluding carboxylic acids is 2. The van der Waals surface area contributed by atoms with Crippen LogP contribution in [0, 0.1) is 5.92 Å². The molecule has 1 heterocycles. The summed E-state index contributed by atoms with van der Waals surface area (Å²) in [6, 6.07) is 17.0. The number of hydrogen-bond acceptors (Lipinski definition) is 3. The molecule has 2 aromatic carbocycles. The molecule has 0 aliphatic carbocycles. The van der Waals surface area contributed by atoms with Crippen molar-refractivity contribution in [3.63, 3.8) is 0 Å². The molecule has 5 nitrogen and oxygen atoms in total. The number of benzene rings is 2. The summed E-state index contributed by atoms with van der Waals surface area (Å²) in [6.07, 6.45) is 0.182. The molecular formula is C18H17BrN2O3. The Labute approximate surface area is 148 Å². The van der Waals surface area contributed by atoms with Crippen molar-refractivity contribution in [1.29, 1.82) is 0 Å². The fourth-order valence-corrected chi connectivity index (χ4v) is 3.13. The van der Waals surface area contributed by atoms with Crippen LogP contribution in [-0.2, 0) is 21.0 Å². The zero-order valence-corrected chi connectivity index (χ0v) is 14.5. The zero-order valence-electron chi connectivity index (χ0n) is 12.9. The fraction of sp³-hybridized carbons (Fsp3) is 0.222. The molecule has 0 aromatic heterocycles. The van der Waals surface area contributed by atoms with Crippen LogP contribution >= 0.6 is 15.9 Å². The summed E-state index contributed by atoms with van der Waals surface area (Å²) < 4.78 is 0.833. The van der Waals surface area contributed by atoms with Crippen molar-refractivity contribution in [2.45, 2.75) is 13.0 Å². The van der Waals surface area contributed by atoms with Crippen LogP contribution in [0.5, 0.6) is 0 Å². The number of halogens is 1. The summed E-state index contributed by atoms with van der Waals surface area (Å²) in [5.74, 6) is -0.751. The second-order valence-electron chi connectivity index (χ2n) is 5.60. The first-order valence-corrected chi connectivity index (χ1v) is 8.45. The molecule has 0 bridgehead atoms. The number of rotatable bonds is 5. The SMILES string of the molecule is O=C(NOCc1ccccc1)[C@@H]1CC(=O)N(c2ccccc2Br)C1. The van der Waals surface area contributed by atoms with Gasteiger partial charge in [-0.3, -0.25) is 14.4 Å². The van der Waals surface area contributed by atoms with E-state index in [2.05, 4.69) is 21.4 Å². The highest BCUT2D eigenvalue weighted by molar-refractivity contribution is 9.10. The van der Waals surface area contributed by atoms with Gasteiger partial charge >= 0.3 is 0 Å². The van der Waals surface area contributed by atoms with E-state index in [1.54, 1.807) is 4.90 Å². The van der Waals surface area contributed by atoms with E-state index >= 15 is 0 Å². The van der Waals surface area contributed by atoms with Gasteiger partial charge in [0.05, 0.1) is 18.2 Å². The van der Waals surface area contributed by atoms with Gasteiger partial charge in [-0.05, 0) is 33.6 Å². The van der Waals surface area contributed by atoms with Gasteiger partial charge in [-0.2, -0.15) is 0 Å². The molecule has 0 unspecified atom stereocenters. The lowest BCUT2D eigenvalue weighted by atomic mass is 10.1. The second kappa shape index (κ2) is 7.59. The number of hydroxylamine groups is 1. The number of carbonyl (C=O) groups is 2. The van der Waals surface area contributed by atoms with Crippen molar-refractivity contribution < 1.29 is 14.4 Å². The van der Waals surface area contributed by atoms with E-state index in [1.165, 1.54) is 0 Å². The number of anilines is 1. The number of amides is 2. The number of hydrogen-bond donors (Lipinski definition) is 1.